The Labute approximate surface area is 676 Å². The molecule has 0 bridgehead atoms. The van der Waals surface area contributed by atoms with Gasteiger partial charge in [0.2, 0.25) is 0 Å². The summed E-state index contributed by atoms with van der Waals surface area (Å²) in [5.74, 6) is 0.625. The number of aromatic nitrogens is 4. The molecule has 0 saturated heterocycles. The maximum absolute atomic E-state index is 6.06. The minimum atomic E-state index is -0.211. The van der Waals surface area contributed by atoms with Crippen LogP contribution in [-0.2, 0) is 21.7 Å². The van der Waals surface area contributed by atoms with Gasteiger partial charge in [-0.05, 0) is 228 Å². The Kier molecular flexibility index (Phi) is 16.6. The molecule has 0 saturated carbocycles. The highest BCUT2D eigenvalue weighted by Crippen LogP contribution is 2.49. The fraction of sp³-hybridized carbons (Fsp3) is 0.145. The largest absolute Gasteiger partial charge is 0.310 e. The Bertz CT molecular complexity index is 6350. The maximum atomic E-state index is 6.06. The van der Waals surface area contributed by atoms with E-state index in [0.717, 1.165) is 95.0 Å². The molecule has 20 rings (SSSR count). The molecule has 0 aliphatic carbocycles. The second kappa shape index (κ2) is 26.9. The van der Waals surface area contributed by atoms with Crippen molar-refractivity contribution in [1.82, 2.24) is 19.1 Å². The Morgan fingerprint density at radius 1 is 0.235 bits per heavy atom. The molecular weight excluding hydrogens is 1390 g/mol. The summed E-state index contributed by atoms with van der Waals surface area (Å²) in [6.45, 7) is 28.1. The normalized spacial score (nSPS) is 12.7. The van der Waals surface area contributed by atoms with Crippen LogP contribution in [0.1, 0.15) is 105 Å². The molecule has 5 heterocycles. The first-order valence-corrected chi connectivity index (χ1v) is 40.8. The zero-order valence-electron chi connectivity index (χ0n) is 67.6. The third-order valence-corrected chi connectivity index (χ3v) is 24.4. The van der Waals surface area contributed by atoms with Crippen LogP contribution < -0.4 is 16.4 Å². The van der Waals surface area contributed by atoms with Gasteiger partial charge in [-0.1, -0.05) is 338 Å². The van der Waals surface area contributed by atoms with Crippen LogP contribution in [0.3, 0.4) is 0 Å². The number of rotatable bonds is 11. The van der Waals surface area contributed by atoms with Gasteiger partial charge in [-0.25, -0.2) is 9.97 Å². The summed E-state index contributed by atoms with van der Waals surface area (Å²) in [7, 11) is 0. The molecule has 15 aromatic carbocycles. The highest BCUT2D eigenvalue weighted by atomic mass is 15.0. The summed E-state index contributed by atoms with van der Waals surface area (Å²) >= 11 is 0. The third-order valence-electron chi connectivity index (χ3n) is 24.4. The molecular formula is C110H91BN4. The minimum absolute atomic E-state index is 0.119. The van der Waals surface area contributed by atoms with E-state index in [9.17, 15) is 0 Å². The Balaban J connectivity index is 0.949. The molecule has 0 atom stereocenters. The molecule has 3 aromatic heterocycles. The van der Waals surface area contributed by atoms with E-state index >= 15 is 0 Å². The fourth-order valence-corrected chi connectivity index (χ4v) is 18.2. The van der Waals surface area contributed by atoms with Crippen molar-refractivity contribution in [3.05, 3.63) is 356 Å². The molecule has 18 aromatic rings. The molecule has 0 radical (unpaired) electrons. The molecule has 2 aliphatic heterocycles. The second-order valence-electron chi connectivity index (χ2n) is 36.2. The number of benzene rings is 15. The van der Waals surface area contributed by atoms with Crippen LogP contribution >= 0.6 is 0 Å². The van der Waals surface area contributed by atoms with Crippen LogP contribution in [0.25, 0.3) is 178 Å². The van der Waals surface area contributed by atoms with E-state index in [0.29, 0.717) is 5.82 Å². The molecule has 0 fully saturated rings. The number of fused-ring (bicyclic) bond motifs is 10. The lowest BCUT2D eigenvalue weighted by Gasteiger charge is -2.34. The molecule has 554 valence electrons. The van der Waals surface area contributed by atoms with Gasteiger partial charge >= 0.3 is 0 Å². The van der Waals surface area contributed by atoms with E-state index in [1.807, 2.05) is 0 Å². The predicted molar refractivity (Wildman–Crippen MR) is 490 cm³/mol. The van der Waals surface area contributed by atoms with E-state index in [-0.39, 0.29) is 28.4 Å². The smallest absolute Gasteiger partial charge is 0.252 e. The molecule has 0 N–H and O–H groups in total. The summed E-state index contributed by atoms with van der Waals surface area (Å²) in [6.07, 6.45) is 0. The van der Waals surface area contributed by atoms with Gasteiger partial charge in [0, 0.05) is 60.6 Å². The van der Waals surface area contributed by atoms with Crippen LogP contribution in [0.15, 0.2) is 334 Å². The van der Waals surface area contributed by atoms with E-state index in [4.69, 9.17) is 9.97 Å². The number of hydrogen-bond donors (Lipinski definition) is 0. The summed E-state index contributed by atoms with van der Waals surface area (Å²) in [4.78, 5) is 12.1. The minimum Gasteiger partial charge on any atom is -0.310 e. The van der Waals surface area contributed by atoms with Crippen LogP contribution in [0.4, 0.5) is 0 Å². The molecule has 5 heteroatoms. The molecule has 4 nitrogen and oxygen atoms in total. The van der Waals surface area contributed by atoms with Crippen molar-refractivity contribution >= 4 is 66.7 Å². The molecule has 0 unspecified atom stereocenters. The Morgan fingerprint density at radius 2 is 0.530 bits per heavy atom. The average Bonchev–Trinajstić information content (AvgIpc) is 1.53. The predicted octanol–water partition coefficient (Wildman–Crippen LogP) is 27.3. The van der Waals surface area contributed by atoms with Crippen LogP contribution in [0.2, 0.25) is 0 Å². The summed E-state index contributed by atoms with van der Waals surface area (Å²) in [5, 5.41) is 4.90. The SMILES string of the molecule is CC(C)(C)c1cc(-c2ccc3c4c2c2cc(-c5ccccc5)ccc2n4-c2cc(-c4nc(-c5cc(-c6ccccc6)cc(-c6ccccc6)c5)cc(-c5cc(-c6ccccc6)cc(-c6ccccc6)c5)n4)cc4c2B3c2ccc(-c3cc(C(C)(C)C)cc(C(C)(C)C)c3)c3c5cc(-c6ccccc6)ccc5n-4c23)cc(C(C)(C)C)c1. The van der Waals surface area contributed by atoms with Crippen LogP contribution in [0, 0.1) is 0 Å². The summed E-state index contributed by atoms with van der Waals surface area (Å²) in [6, 6.07) is 126. The van der Waals surface area contributed by atoms with Gasteiger partial charge in [-0.2, -0.15) is 0 Å². The molecule has 0 amide bonds. The lowest BCUT2D eigenvalue weighted by atomic mass is 9.34. The maximum Gasteiger partial charge on any atom is 0.252 e. The first kappa shape index (κ1) is 71.1. The van der Waals surface area contributed by atoms with Gasteiger partial charge < -0.3 is 9.13 Å². The standard InChI is InChI=1S/C110H91BN4/c1-107(2,3)85-57-80(58-86(65-85)108(4,5)6)89-45-47-93-104-101(89)91-61-74(68-31-19-13-20-32-68)43-49-97(91)114(104)99-63-84(64-100-103(99)111(93)94-48-46-90(81-59-87(109(7,8)9)66-88(60-81)110(10,11)12)102-92-62-75(69-33-21-14-22-34-69)44-50-98(92)115(100)105(94)102)106-112-95(82-53-76(70-35-23-15-24-36-70)51-77(54-82)71-37-25-16-26-38-71)67-96(113-106)83-55-78(72-39-27-17-28-40-72)52-79(56-83)73-41-29-18-30-42-73/h13-67H,1-12H3. The Morgan fingerprint density at radius 3 is 0.835 bits per heavy atom. The van der Waals surface area contributed by atoms with Gasteiger partial charge in [0.15, 0.2) is 5.82 Å². The van der Waals surface area contributed by atoms with Gasteiger partial charge in [0.1, 0.15) is 0 Å². The van der Waals surface area contributed by atoms with E-state index < -0.39 is 0 Å². The van der Waals surface area contributed by atoms with Gasteiger partial charge in [-0.15, -0.1) is 0 Å². The van der Waals surface area contributed by atoms with Crippen molar-refractivity contribution in [2.45, 2.75) is 105 Å². The zero-order valence-corrected chi connectivity index (χ0v) is 67.6. The lowest BCUT2D eigenvalue weighted by Crippen LogP contribution is -2.59. The highest BCUT2D eigenvalue weighted by Gasteiger charge is 2.43. The van der Waals surface area contributed by atoms with Gasteiger partial charge in [0.25, 0.3) is 6.71 Å². The molecule has 0 spiro atoms. The monoisotopic (exact) mass is 1480 g/mol. The van der Waals surface area contributed by atoms with Crippen molar-refractivity contribution in [3.8, 4) is 134 Å². The second-order valence-corrected chi connectivity index (χ2v) is 36.2. The third kappa shape index (κ3) is 12.4. The zero-order chi connectivity index (χ0) is 78.6. The van der Waals surface area contributed by atoms with E-state index in [1.54, 1.807) is 0 Å². The highest BCUT2D eigenvalue weighted by molar-refractivity contribution is 7.00. The van der Waals surface area contributed by atoms with Crippen molar-refractivity contribution in [2.24, 2.45) is 0 Å². The first-order valence-electron chi connectivity index (χ1n) is 40.8. The van der Waals surface area contributed by atoms with Crippen molar-refractivity contribution in [3.63, 3.8) is 0 Å². The van der Waals surface area contributed by atoms with E-state index in [1.165, 1.54) is 116 Å². The first-order chi connectivity index (χ1) is 55.5. The average molecular weight is 1480 g/mol. The van der Waals surface area contributed by atoms with Crippen molar-refractivity contribution in [1.29, 1.82) is 0 Å². The summed E-state index contributed by atoms with van der Waals surface area (Å²) in [5.41, 5.74) is 38.6. The topological polar surface area (TPSA) is 35.6 Å². The molecule has 115 heavy (non-hydrogen) atoms. The number of hydrogen-bond acceptors (Lipinski definition) is 2. The number of nitrogens with zero attached hydrogens (tertiary/aromatic N) is 4. The van der Waals surface area contributed by atoms with Crippen molar-refractivity contribution < 1.29 is 0 Å². The lowest BCUT2D eigenvalue weighted by molar-refractivity contribution is 0.568. The fourth-order valence-electron chi connectivity index (χ4n) is 18.2. The Hall–Kier alpha value is -13.0. The quantitative estimate of drug-likeness (QED) is 0.121. The van der Waals surface area contributed by atoms with Gasteiger partial charge in [0.05, 0.1) is 22.4 Å². The van der Waals surface area contributed by atoms with E-state index in [2.05, 4.69) is 426 Å². The molecule has 2 aliphatic rings. The van der Waals surface area contributed by atoms with Crippen LogP contribution in [-0.4, -0.2) is 25.8 Å². The summed E-state index contributed by atoms with van der Waals surface area (Å²) < 4.78 is 5.32. The van der Waals surface area contributed by atoms with Crippen LogP contribution in [0.5, 0.6) is 0 Å². The van der Waals surface area contributed by atoms with Crippen molar-refractivity contribution in [2.75, 3.05) is 0 Å². The van der Waals surface area contributed by atoms with Gasteiger partial charge in [-0.3, -0.25) is 0 Å².